The first kappa shape index (κ1) is 11.5. The molecule has 0 unspecified atom stereocenters. The van der Waals surface area contributed by atoms with Crippen LogP contribution in [-0.2, 0) is 10.3 Å². The van der Waals surface area contributed by atoms with Gasteiger partial charge in [-0.05, 0) is 44.3 Å². The quantitative estimate of drug-likeness (QED) is 0.856. The van der Waals surface area contributed by atoms with Crippen LogP contribution in [-0.4, -0.2) is 32.4 Å². The first-order valence-electron chi connectivity index (χ1n) is 5.41. The molecule has 1 aromatic heterocycles. The molecule has 0 radical (unpaired) electrons. The Morgan fingerprint density at radius 2 is 2.12 bits per heavy atom. The van der Waals surface area contributed by atoms with E-state index in [9.17, 15) is 9.90 Å². The Labute approximate surface area is 99.0 Å². The van der Waals surface area contributed by atoms with Crippen molar-refractivity contribution < 1.29 is 9.90 Å². The van der Waals surface area contributed by atoms with E-state index in [1.54, 1.807) is 4.68 Å². The number of aromatic nitrogens is 2. The number of thioether (sulfide) groups is 1. The largest absolute Gasteiger partial charge is 0.479 e. The van der Waals surface area contributed by atoms with Crippen molar-refractivity contribution in [1.82, 2.24) is 9.78 Å². The number of carboxylic acids is 1. The van der Waals surface area contributed by atoms with Gasteiger partial charge in [0.05, 0.1) is 5.69 Å². The third-order valence-electron chi connectivity index (χ3n) is 3.13. The van der Waals surface area contributed by atoms with Gasteiger partial charge in [0.25, 0.3) is 0 Å². The van der Waals surface area contributed by atoms with Crippen LogP contribution in [0.1, 0.15) is 24.2 Å². The van der Waals surface area contributed by atoms with Crippen molar-refractivity contribution in [3.63, 3.8) is 0 Å². The summed E-state index contributed by atoms with van der Waals surface area (Å²) in [4.78, 5) is 11.6. The van der Waals surface area contributed by atoms with Gasteiger partial charge in [-0.25, -0.2) is 4.79 Å². The molecule has 1 N–H and O–H groups in total. The van der Waals surface area contributed by atoms with E-state index in [0.29, 0.717) is 12.8 Å². The molecule has 5 heteroatoms. The van der Waals surface area contributed by atoms with Gasteiger partial charge in [-0.1, -0.05) is 0 Å². The van der Waals surface area contributed by atoms with Crippen molar-refractivity contribution in [2.45, 2.75) is 32.2 Å². The highest BCUT2D eigenvalue weighted by atomic mass is 32.2. The van der Waals surface area contributed by atoms with Crippen molar-refractivity contribution in [2.75, 3.05) is 11.5 Å². The fourth-order valence-electron chi connectivity index (χ4n) is 2.29. The van der Waals surface area contributed by atoms with Gasteiger partial charge >= 0.3 is 5.97 Å². The van der Waals surface area contributed by atoms with Gasteiger partial charge in [-0.3, -0.25) is 4.68 Å². The summed E-state index contributed by atoms with van der Waals surface area (Å²) in [6, 6.07) is 1.94. The van der Waals surface area contributed by atoms with Crippen LogP contribution in [0, 0.1) is 13.8 Å². The molecule has 2 rings (SSSR count). The van der Waals surface area contributed by atoms with Crippen LogP contribution >= 0.6 is 11.8 Å². The van der Waals surface area contributed by atoms with Crippen LogP contribution in [0.2, 0.25) is 0 Å². The Morgan fingerprint density at radius 1 is 1.50 bits per heavy atom. The molecule has 0 spiro atoms. The van der Waals surface area contributed by atoms with Crippen LogP contribution in [0.25, 0.3) is 0 Å². The number of hydrogen-bond donors (Lipinski definition) is 1. The van der Waals surface area contributed by atoms with Crippen molar-refractivity contribution >= 4 is 17.7 Å². The molecule has 1 aromatic rings. The average molecular weight is 240 g/mol. The maximum atomic E-state index is 11.6. The maximum absolute atomic E-state index is 11.6. The summed E-state index contributed by atoms with van der Waals surface area (Å²) in [7, 11) is 0. The highest BCUT2D eigenvalue weighted by molar-refractivity contribution is 7.99. The Bertz CT molecular complexity index is 408. The van der Waals surface area contributed by atoms with E-state index in [0.717, 1.165) is 22.9 Å². The molecule has 4 nitrogen and oxygen atoms in total. The van der Waals surface area contributed by atoms with E-state index in [-0.39, 0.29) is 0 Å². The Hall–Kier alpha value is -0.970. The topological polar surface area (TPSA) is 55.1 Å². The molecule has 1 saturated heterocycles. The third-order valence-corrected chi connectivity index (χ3v) is 4.12. The Morgan fingerprint density at radius 3 is 2.56 bits per heavy atom. The molecule has 2 heterocycles. The SMILES string of the molecule is Cc1cc(C)n(C2(C(=O)O)CCSCC2)n1. The van der Waals surface area contributed by atoms with Crippen molar-refractivity contribution in [3.8, 4) is 0 Å². The number of carbonyl (C=O) groups is 1. The molecular weight excluding hydrogens is 224 g/mol. The number of carboxylic acid groups (broad SMARTS) is 1. The minimum Gasteiger partial charge on any atom is -0.479 e. The zero-order valence-electron chi connectivity index (χ0n) is 9.56. The van der Waals surface area contributed by atoms with Gasteiger partial charge in [0.1, 0.15) is 0 Å². The van der Waals surface area contributed by atoms with E-state index >= 15 is 0 Å². The minimum atomic E-state index is -0.816. The van der Waals surface area contributed by atoms with Crippen LogP contribution in [0.15, 0.2) is 6.07 Å². The zero-order valence-corrected chi connectivity index (χ0v) is 10.4. The number of aryl methyl sites for hydroxylation is 2. The van der Waals surface area contributed by atoms with Crippen molar-refractivity contribution in [2.24, 2.45) is 0 Å². The van der Waals surface area contributed by atoms with Gasteiger partial charge in [0.15, 0.2) is 5.54 Å². The molecule has 0 amide bonds. The third kappa shape index (κ3) is 1.73. The molecule has 1 aliphatic heterocycles. The van der Waals surface area contributed by atoms with E-state index in [1.807, 2.05) is 31.7 Å². The summed E-state index contributed by atoms with van der Waals surface area (Å²) >= 11 is 1.82. The summed E-state index contributed by atoms with van der Waals surface area (Å²) in [5.74, 6) is 1.04. The molecule has 88 valence electrons. The zero-order chi connectivity index (χ0) is 11.8. The fourth-order valence-corrected chi connectivity index (χ4v) is 3.46. The molecule has 16 heavy (non-hydrogen) atoms. The molecule has 1 fully saturated rings. The monoisotopic (exact) mass is 240 g/mol. The van der Waals surface area contributed by atoms with Gasteiger partial charge in [0.2, 0.25) is 0 Å². The van der Waals surface area contributed by atoms with Crippen LogP contribution in [0.4, 0.5) is 0 Å². The molecule has 0 saturated carbocycles. The van der Waals surface area contributed by atoms with E-state index < -0.39 is 11.5 Å². The average Bonchev–Trinajstić information content (AvgIpc) is 2.59. The lowest BCUT2D eigenvalue weighted by Crippen LogP contribution is -2.46. The standard InChI is InChI=1S/C11H16N2O2S/c1-8-7-9(2)13(12-8)11(10(14)15)3-5-16-6-4-11/h7H,3-6H2,1-2H3,(H,14,15). The van der Waals surface area contributed by atoms with E-state index in [2.05, 4.69) is 5.10 Å². The molecule has 0 atom stereocenters. The van der Waals surface area contributed by atoms with Gasteiger partial charge < -0.3 is 5.11 Å². The highest BCUT2D eigenvalue weighted by Gasteiger charge is 2.43. The van der Waals surface area contributed by atoms with Gasteiger partial charge in [0, 0.05) is 5.69 Å². The second-order valence-corrected chi connectivity index (χ2v) is 5.51. The fraction of sp³-hybridized carbons (Fsp3) is 0.636. The lowest BCUT2D eigenvalue weighted by molar-refractivity contribution is -0.148. The first-order chi connectivity index (χ1) is 7.56. The van der Waals surface area contributed by atoms with E-state index in [1.165, 1.54) is 0 Å². The maximum Gasteiger partial charge on any atom is 0.331 e. The lowest BCUT2D eigenvalue weighted by Gasteiger charge is -2.34. The summed E-state index contributed by atoms with van der Waals surface area (Å²) in [6.07, 6.45) is 1.32. The normalized spacial score (nSPS) is 19.6. The van der Waals surface area contributed by atoms with Crippen LogP contribution < -0.4 is 0 Å². The number of aliphatic carboxylic acids is 1. The summed E-state index contributed by atoms with van der Waals surface area (Å²) in [5.41, 5.74) is 1.01. The van der Waals surface area contributed by atoms with Crippen LogP contribution in [0.5, 0.6) is 0 Å². The van der Waals surface area contributed by atoms with Crippen LogP contribution in [0.3, 0.4) is 0 Å². The summed E-state index contributed by atoms with van der Waals surface area (Å²) in [5, 5.41) is 13.9. The predicted octanol–water partition coefficient (Wildman–Crippen LogP) is 1.81. The molecule has 0 aliphatic carbocycles. The molecule has 0 aromatic carbocycles. The Balaban J connectivity index is 2.46. The van der Waals surface area contributed by atoms with Crippen molar-refractivity contribution in [1.29, 1.82) is 0 Å². The Kier molecular flexibility index (Phi) is 2.97. The highest BCUT2D eigenvalue weighted by Crippen LogP contribution is 2.34. The lowest BCUT2D eigenvalue weighted by atomic mass is 9.92. The minimum absolute atomic E-state index is 0.662. The van der Waals surface area contributed by atoms with Crippen molar-refractivity contribution in [3.05, 3.63) is 17.5 Å². The van der Waals surface area contributed by atoms with Gasteiger partial charge in [-0.2, -0.15) is 16.9 Å². The predicted molar refractivity (Wildman–Crippen MR) is 63.9 cm³/mol. The summed E-state index contributed by atoms with van der Waals surface area (Å²) < 4.78 is 1.71. The summed E-state index contributed by atoms with van der Waals surface area (Å²) in [6.45, 7) is 3.82. The number of rotatable bonds is 2. The van der Waals surface area contributed by atoms with E-state index in [4.69, 9.17) is 0 Å². The molecule has 0 bridgehead atoms. The molecular formula is C11H16N2O2S. The second-order valence-electron chi connectivity index (χ2n) is 4.29. The molecule has 1 aliphatic rings. The number of hydrogen-bond acceptors (Lipinski definition) is 3. The van der Waals surface area contributed by atoms with Gasteiger partial charge in [-0.15, -0.1) is 0 Å². The number of nitrogens with zero attached hydrogens (tertiary/aromatic N) is 2. The first-order valence-corrected chi connectivity index (χ1v) is 6.57. The smallest absolute Gasteiger partial charge is 0.331 e. The second kappa shape index (κ2) is 4.13.